The summed E-state index contributed by atoms with van der Waals surface area (Å²) in [5.41, 5.74) is 0.538. The molecule has 1 fully saturated rings. The lowest BCUT2D eigenvalue weighted by atomic mass is 9.99. The zero-order chi connectivity index (χ0) is 16.9. The lowest BCUT2D eigenvalue weighted by Crippen LogP contribution is -2.43. The van der Waals surface area contributed by atoms with E-state index in [1.165, 1.54) is 0 Å². The second-order valence-electron chi connectivity index (χ2n) is 6.94. The maximum absolute atomic E-state index is 12.1. The number of carbonyl (C=O) groups excluding carboxylic acids is 1. The number of carbonyl (C=O) groups is 1. The summed E-state index contributed by atoms with van der Waals surface area (Å²) in [7, 11) is 0. The van der Waals surface area contributed by atoms with Crippen molar-refractivity contribution in [3.8, 4) is 0 Å². The van der Waals surface area contributed by atoms with E-state index in [1.54, 1.807) is 17.2 Å². The first kappa shape index (κ1) is 18.0. The molecule has 1 unspecified atom stereocenters. The van der Waals surface area contributed by atoms with E-state index in [0.29, 0.717) is 30.8 Å². The molecule has 0 aliphatic carbocycles. The van der Waals surface area contributed by atoms with Crippen molar-refractivity contribution < 1.29 is 14.3 Å². The highest BCUT2D eigenvalue weighted by molar-refractivity contribution is 6.29. The predicted molar refractivity (Wildman–Crippen MR) is 89.4 cm³/mol. The zero-order valence-electron chi connectivity index (χ0n) is 14.0. The molecule has 2 heterocycles. The molecule has 1 amide bonds. The summed E-state index contributed by atoms with van der Waals surface area (Å²) in [6.07, 6.45) is 3.54. The number of amides is 1. The lowest BCUT2D eigenvalue weighted by Gasteiger charge is -2.34. The molecule has 0 radical (unpaired) electrons. The minimum absolute atomic E-state index is 0.232. The lowest BCUT2D eigenvalue weighted by molar-refractivity contribution is 0.00591. The second-order valence-corrected chi connectivity index (χ2v) is 7.33. The van der Waals surface area contributed by atoms with E-state index in [4.69, 9.17) is 21.1 Å². The molecule has 1 aromatic heterocycles. The molecule has 2 rings (SSSR count). The van der Waals surface area contributed by atoms with E-state index in [2.05, 4.69) is 4.98 Å². The van der Waals surface area contributed by atoms with Crippen molar-refractivity contribution in [3.05, 3.63) is 29.0 Å². The molecule has 6 heteroatoms. The molecule has 0 N–H and O–H groups in total. The Morgan fingerprint density at radius 3 is 2.87 bits per heavy atom. The molecule has 128 valence electrons. The Labute approximate surface area is 142 Å². The average molecular weight is 341 g/mol. The van der Waals surface area contributed by atoms with Crippen molar-refractivity contribution in [2.24, 2.45) is 5.92 Å². The third kappa shape index (κ3) is 6.36. The first-order valence-electron chi connectivity index (χ1n) is 7.99. The number of hydrogen-bond donors (Lipinski definition) is 0. The van der Waals surface area contributed by atoms with Gasteiger partial charge in [0.1, 0.15) is 10.8 Å². The molecule has 0 aromatic carbocycles. The highest BCUT2D eigenvalue weighted by Crippen LogP contribution is 2.20. The van der Waals surface area contributed by atoms with Crippen molar-refractivity contribution in [1.82, 2.24) is 9.88 Å². The van der Waals surface area contributed by atoms with Crippen LogP contribution < -0.4 is 0 Å². The number of likely N-dealkylation sites (tertiary alicyclic amines) is 1. The minimum atomic E-state index is -0.456. The Bertz CT molecular complexity index is 514. The van der Waals surface area contributed by atoms with Gasteiger partial charge in [-0.3, -0.25) is 0 Å². The molecule has 23 heavy (non-hydrogen) atoms. The smallest absolute Gasteiger partial charge is 0.410 e. The van der Waals surface area contributed by atoms with Crippen LogP contribution in [0.5, 0.6) is 0 Å². The third-order valence-corrected chi connectivity index (χ3v) is 3.81. The predicted octanol–water partition coefficient (Wildman–Crippen LogP) is 3.90. The largest absolute Gasteiger partial charge is 0.444 e. The van der Waals surface area contributed by atoms with Crippen LogP contribution in [0.1, 0.15) is 39.2 Å². The summed E-state index contributed by atoms with van der Waals surface area (Å²) in [5, 5.41) is 0.481. The van der Waals surface area contributed by atoms with Gasteiger partial charge in [0.05, 0.1) is 13.2 Å². The van der Waals surface area contributed by atoms with Crippen LogP contribution >= 0.6 is 11.6 Å². The highest BCUT2D eigenvalue weighted by Gasteiger charge is 2.27. The molecule has 1 saturated heterocycles. The average Bonchev–Trinajstić information content (AvgIpc) is 2.48. The van der Waals surface area contributed by atoms with Crippen LogP contribution in [0.15, 0.2) is 18.3 Å². The van der Waals surface area contributed by atoms with Gasteiger partial charge in [-0.05, 0) is 45.2 Å². The van der Waals surface area contributed by atoms with Gasteiger partial charge in [-0.15, -0.1) is 0 Å². The van der Waals surface area contributed by atoms with Crippen LogP contribution in [0, 0.1) is 5.92 Å². The maximum atomic E-state index is 12.1. The molecule has 1 aliphatic rings. The molecule has 0 spiro atoms. The summed E-state index contributed by atoms with van der Waals surface area (Å²) < 4.78 is 11.2. The molecular formula is C17H25ClN2O3. The Morgan fingerprint density at radius 2 is 2.22 bits per heavy atom. The quantitative estimate of drug-likeness (QED) is 0.780. The standard InChI is InChI=1S/C17H25ClN2O3/c1-17(2,3)23-16(21)20-8-4-5-14(10-20)12-22-11-13-6-7-15(18)19-9-13/h6-7,9,14H,4-5,8,10-12H2,1-3H3. The minimum Gasteiger partial charge on any atom is -0.444 e. The SMILES string of the molecule is CC(C)(C)OC(=O)N1CCCC(COCc2ccc(Cl)nc2)C1. The van der Waals surface area contributed by atoms with Crippen molar-refractivity contribution in [2.75, 3.05) is 19.7 Å². The van der Waals surface area contributed by atoms with Gasteiger partial charge in [-0.25, -0.2) is 9.78 Å². The van der Waals surface area contributed by atoms with E-state index in [-0.39, 0.29) is 6.09 Å². The van der Waals surface area contributed by atoms with Gasteiger partial charge >= 0.3 is 6.09 Å². The number of nitrogens with zero attached hydrogens (tertiary/aromatic N) is 2. The van der Waals surface area contributed by atoms with Gasteiger partial charge in [-0.2, -0.15) is 0 Å². The van der Waals surface area contributed by atoms with Crippen molar-refractivity contribution >= 4 is 17.7 Å². The fourth-order valence-corrected chi connectivity index (χ4v) is 2.64. The number of hydrogen-bond acceptors (Lipinski definition) is 4. The summed E-state index contributed by atoms with van der Waals surface area (Å²) in [4.78, 5) is 17.9. The van der Waals surface area contributed by atoms with Crippen LogP contribution in [-0.2, 0) is 16.1 Å². The van der Waals surface area contributed by atoms with E-state index in [0.717, 1.165) is 24.9 Å². The number of ether oxygens (including phenoxy) is 2. The zero-order valence-corrected chi connectivity index (χ0v) is 14.8. The first-order chi connectivity index (χ1) is 10.8. The molecule has 0 bridgehead atoms. The van der Waals surface area contributed by atoms with Gasteiger partial charge in [0.2, 0.25) is 0 Å². The van der Waals surface area contributed by atoms with Crippen molar-refractivity contribution in [1.29, 1.82) is 0 Å². The fourth-order valence-electron chi connectivity index (χ4n) is 2.53. The molecule has 1 aliphatic heterocycles. The number of rotatable bonds is 4. The Hall–Kier alpha value is -1.33. The van der Waals surface area contributed by atoms with Crippen molar-refractivity contribution in [3.63, 3.8) is 0 Å². The van der Waals surface area contributed by atoms with Gasteiger partial charge in [0.25, 0.3) is 0 Å². The summed E-state index contributed by atoms with van der Waals surface area (Å²) in [6.45, 7) is 8.23. The van der Waals surface area contributed by atoms with E-state index < -0.39 is 5.60 Å². The number of piperidine rings is 1. The van der Waals surface area contributed by atoms with Crippen LogP contribution in [0.25, 0.3) is 0 Å². The maximum Gasteiger partial charge on any atom is 0.410 e. The monoisotopic (exact) mass is 340 g/mol. The topological polar surface area (TPSA) is 51.7 Å². The van der Waals surface area contributed by atoms with Gasteiger partial charge in [-0.1, -0.05) is 17.7 Å². The molecular weight excluding hydrogens is 316 g/mol. The number of pyridine rings is 1. The number of halogens is 1. The van der Waals surface area contributed by atoms with Crippen LogP contribution in [-0.4, -0.2) is 41.3 Å². The fraction of sp³-hybridized carbons (Fsp3) is 0.647. The highest BCUT2D eigenvalue weighted by atomic mass is 35.5. The Kier molecular flexibility index (Phi) is 6.25. The summed E-state index contributed by atoms with van der Waals surface area (Å²) >= 11 is 5.76. The van der Waals surface area contributed by atoms with E-state index in [9.17, 15) is 4.79 Å². The van der Waals surface area contributed by atoms with Gasteiger partial charge in [0, 0.05) is 25.2 Å². The van der Waals surface area contributed by atoms with E-state index in [1.807, 2.05) is 26.8 Å². The summed E-state index contributed by atoms with van der Waals surface area (Å²) in [6, 6.07) is 3.66. The number of aromatic nitrogens is 1. The van der Waals surface area contributed by atoms with Crippen LogP contribution in [0.2, 0.25) is 5.15 Å². The Morgan fingerprint density at radius 1 is 1.43 bits per heavy atom. The van der Waals surface area contributed by atoms with Gasteiger partial charge < -0.3 is 14.4 Å². The first-order valence-corrected chi connectivity index (χ1v) is 8.37. The summed E-state index contributed by atoms with van der Waals surface area (Å²) in [5.74, 6) is 0.344. The van der Waals surface area contributed by atoms with Crippen LogP contribution in [0.3, 0.4) is 0 Å². The molecule has 5 nitrogen and oxygen atoms in total. The second kappa shape index (κ2) is 7.97. The molecule has 1 aromatic rings. The Balaban J connectivity index is 1.75. The van der Waals surface area contributed by atoms with Crippen LogP contribution in [0.4, 0.5) is 4.79 Å². The van der Waals surface area contributed by atoms with E-state index >= 15 is 0 Å². The molecule has 1 atom stereocenters. The third-order valence-electron chi connectivity index (χ3n) is 3.58. The molecule has 0 saturated carbocycles. The van der Waals surface area contributed by atoms with Crippen molar-refractivity contribution in [2.45, 2.75) is 45.8 Å². The normalized spacial score (nSPS) is 18.8. The van der Waals surface area contributed by atoms with Gasteiger partial charge in [0.15, 0.2) is 0 Å².